The van der Waals surface area contributed by atoms with Gasteiger partial charge in [-0.05, 0) is 39.2 Å². The standard InChI is InChI=1S/C24H29ClFN5O2/c1-12(2)33-21-16(14(4)23-29-15(5)20-22(27)28-7-9-31(20)23)10-17(25)19(26)18(21)24(32)30-8-6-13(3)11-30/h7,9-10,12-14H,6,8,11H2,1-5H3,(H2,27,28). The Kier molecular flexibility index (Phi) is 6.22. The first-order chi connectivity index (χ1) is 15.6. The summed E-state index contributed by atoms with van der Waals surface area (Å²) in [5, 5.41) is -0.123. The maximum absolute atomic E-state index is 15.4. The molecule has 2 atom stereocenters. The minimum atomic E-state index is -0.759. The molecule has 3 aromatic rings. The Labute approximate surface area is 197 Å². The first kappa shape index (κ1) is 23.3. The van der Waals surface area contributed by atoms with Crippen molar-refractivity contribution in [3.05, 3.63) is 51.9 Å². The van der Waals surface area contributed by atoms with Crippen LogP contribution in [0.2, 0.25) is 5.02 Å². The van der Waals surface area contributed by atoms with Gasteiger partial charge in [-0.1, -0.05) is 25.4 Å². The lowest BCUT2D eigenvalue weighted by Gasteiger charge is -2.24. The van der Waals surface area contributed by atoms with Crippen LogP contribution in [0.5, 0.6) is 5.75 Å². The van der Waals surface area contributed by atoms with E-state index in [1.807, 2.05) is 32.1 Å². The molecule has 176 valence electrons. The van der Waals surface area contributed by atoms with Crippen LogP contribution < -0.4 is 10.5 Å². The second-order valence-corrected chi connectivity index (χ2v) is 9.49. The number of rotatable bonds is 5. The molecular weight excluding hydrogens is 445 g/mol. The van der Waals surface area contributed by atoms with Crippen molar-refractivity contribution in [2.75, 3.05) is 18.8 Å². The van der Waals surface area contributed by atoms with Crippen LogP contribution in [0.3, 0.4) is 0 Å². The van der Waals surface area contributed by atoms with Crippen LogP contribution in [0.25, 0.3) is 5.52 Å². The Morgan fingerprint density at radius 3 is 2.73 bits per heavy atom. The first-order valence-electron chi connectivity index (χ1n) is 11.2. The van der Waals surface area contributed by atoms with E-state index in [-0.39, 0.29) is 28.4 Å². The summed E-state index contributed by atoms with van der Waals surface area (Å²) < 4.78 is 23.3. The number of anilines is 1. The van der Waals surface area contributed by atoms with Crippen molar-refractivity contribution >= 4 is 28.8 Å². The molecule has 2 aromatic heterocycles. The molecule has 3 heterocycles. The number of aromatic nitrogens is 3. The molecular formula is C24H29ClFN5O2. The minimum Gasteiger partial charge on any atom is -0.490 e. The number of likely N-dealkylation sites (tertiary alicyclic amines) is 1. The van der Waals surface area contributed by atoms with Gasteiger partial charge < -0.3 is 15.4 Å². The topological polar surface area (TPSA) is 85.8 Å². The summed E-state index contributed by atoms with van der Waals surface area (Å²) in [6.07, 6.45) is 3.99. The molecule has 7 nitrogen and oxygen atoms in total. The minimum absolute atomic E-state index is 0.120. The third-order valence-electron chi connectivity index (χ3n) is 6.12. The van der Waals surface area contributed by atoms with Crippen LogP contribution in [0.1, 0.15) is 67.5 Å². The van der Waals surface area contributed by atoms with E-state index < -0.39 is 11.7 Å². The van der Waals surface area contributed by atoms with E-state index in [1.165, 1.54) is 6.07 Å². The number of halogens is 2. The van der Waals surface area contributed by atoms with Gasteiger partial charge in [-0.15, -0.1) is 0 Å². The number of aryl methyl sites for hydroxylation is 1. The fourth-order valence-electron chi connectivity index (χ4n) is 4.49. The summed E-state index contributed by atoms with van der Waals surface area (Å²) in [7, 11) is 0. The fraction of sp³-hybridized carbons (Fsp3) is 0.458. The Morgan fingerprint density at radius 1 is 1.36 bits per heavy atom. The van der Waals surface area contributed by atoms with Gasteiger partial charge in [0.05, 0.1) is 16.8 Å². The van der Waals surface area contributed by atoms with Gasteiger partial charge in [0.1, 0.15) is 28.5 Å². The SMILES string of the molecule is Cc1nc(C(C)c2cc(Cl)c(F)c(C(=O)N3CCC(C)C3)c2OC(C)C)n2ccnc(N)c12. The van der Waals surface area contributed by atoms with Gasteiger partial charge in [0.25, 0.3) is 5.91 Å². The first-order valence-corrected chi connectivity index (χ1v) is 11.5. The number of nitrogen functional groups attached to an aromatic ring is 1. The highest BCUT2D eigenvalue weighted by atomic mass is 35.5. The molecule has 0 bridgehead atoms. The van der Waals surface area contributed by atoms with E-state index in [9.17, 15) is 4.79 Å². The molecule has 9 heteroatoms. The maximum Gasteiger partial charge on any atom is 0.260 e. The van der Waals surface area contributed by atoms with Gasteiger partial charge in [0.15, 0.2) is 5.82 Å². The smallest absolute Gasteiger partial charge is 0.260 e. The van der Waals surface area contributed by atoms with Crippen LogP contribution in [-0.4, -0.2) is 44.4 Å². The third kappa shape index (κ3) is 4.12. The average Bonchev–Trinajstić information content (AvgIpc) is 3.33. The summed E-state index contributed by atoms with van der Waals surface area (Å²) in [4.78, 5) is 24.0. The summed E-state index contributed by atoms with van der Waals surface area (Å²) in [5.74, 6) is 0.0787. The van der Waals surface area contributed by atoms with Gasteiger partial charge in [0, 0.05) is 37.0 Å². The highest BCUT2D eigenvalue weighted by Crippen LogP contribution is 2.40. The van der Waals surface area contributed by atoms with Crippen molar-refractivity contribution in [3.63, 3.8) is 0 Å². The highest BCUT2D eigenvalue weighted by molar-refractivity contribution is 6.31. The Bertz CT molecular complexity index is 1230. The molecule has 1 aromatic carbocycles. The third-order valence-corrected chi connectivity index (χ3v) is 6.39. The predicted octanol–water partition coefficient (Wildman–Crippen LogP) is 4.83. The fourth-order valence-corrected chi connectivity index (χ4v) is 4.71. The molecule has 1 fully saturated rings. The van der Waals surface area contributed by atoms with E-state index in [0.717, 1.165) is 12.1 Å². The van der Waals surface area contributed by atoms with Gasteiger partial charge in [-0.3, -0.25) is 9.20 Å². The molecule has 1 saturated heterocycles. The molecule has 0 saturated carbocycles. The lowest BCUT2D eigenvalue weighted by Crippen LogP contribution is -2.30. The van der Waals surface area contributed by atoms with Crippen molar-refractivity contribution in [2.45, 2.75) is 53.1 Å². The van der Waals surface area contributed by atoms with Crippen LogP contribution in [0.15, 0.2) is 18.5 Å². The molecule has 1 aliphatic rings. The number of ether oxygens (including phenoxy) is 1. The van der Waals surface area contributed by atoms with Crippen LogP contribution in [0, 0.1) is 18.7 Å². The molecule has 2 N–H and O–H groups in total. The van der Waals surface area contributed by atoms with E-state index in [2.05, 4.69) is 11.9 Å². The number of nitrogens with zero attached hydrogens (tertiary/aromatic N) is 4. The number of amides is 1. The second-order valence-electron chi connectivity index (χ2n) is 9.09. The van der Waals surface area contributed by atoms with Crippen LogP contribution in [-0.2, 0) is 0 Å². The summed E-state index contributed by atoms with van der Waals surface area (Å²) in [6.45, 7) is 10.7. The summed E-state index contributed by atoms with van der Waals surface area (Å²) in [5.41, 5.74) is 7.98. The number of hydrogen-bond donors (Lipinski definition) is 1. The molecule has 1 amide bonds. The zero-order valence-corrected chi connectivity index (χ0v) is 20.3. The van der Waals surface area contributed by atoms with Crippen molar-refractivity contribution in [1.82, 2.24) is 19.3 Å². The lowest BCUT2D eigenvalue weighted by molar-refractivity contribution is 0.0776. The molecule has 1 aliphatic heterocycles. The zero-order chi connectivity index (χ0) is 24.0. The lowest BCUT2D eigenvalue weighted by atomic mass is 9.95. The monoisotopic (exact) mass is 473 g/mol. The second kappa shape index (κ2) is 8.82. The number of carbonyl (C=O) groups excluding carboxylic acids is 1. The van der Waals surface area contributed by atoms with Gasteiger partial charge in [-0.25, -0.2) is 14.4 Å². The van der Waals surface area contributed by atoms with Gasteiger partial charge in [-0.2, -0.15) is 0 Å². The van der Waals surface area contributed by atoms with Crippen molar-refractivity contribution < 1.29 is 13.9 Å². The molecule has 33 heavy (non-hydrogen) atoms. The molecule has 0 spiro atoms. The normalized spacial score (nSPS) is 17.2. The number of nitrogens with two attached hydrogens (primary N) is 1. The number of hydrogen-bond acceptors (Lipinski definition) is 5. The van der Waals surface area contributed by atoms with Crippen molar-refractivity contribution in [1.29, 1.82) is 0 Å². The van der Waals surface area contributed by atoms with E-state index >= 15 is 4.39 Å². The Balaban J connectivity index is 1.91. The van der Waals surface area contributed by atoms with Crippen LogP contribution >= 0.6 is 11.6 Å². The van der Waals surface area contributed by atoms with Crippen molar-refractivity contribution in [2.24, 2.45) is 5.92 Å². The number of carbonyl (C=O) groups is 1. The Morgan fingerprint density at radius 2 is 2.09 bits per heavy atom. The van der Waals surface area contributed by atoms with E-state index in [1.54, 1.807) is 17.3 Å². The molecule has 0 aliphatic carbocycles. The zero-order valence-electron chi connectivity index (χ0n) is 19.5. The predicted molar refractivity (Wildman–Crippen MR) is 127 cm³/mol. The number of fused-ring (bicyclic) bond motifs is 1. The number of imidazole rings is 1. The molecule has 0 radical (unpaired) electrons. The van der Waals surface area contributed by atoms with Crippen molar-refractivity contribution in [3.8, 4) is 5.75 Å². The van der Waals surface area contributed by atoms with Gasteiger partial charge >= 0.3 is 0 Å². The van der Waals surface area contributed by atoms with E-state index in [4.69, 9.17) is 27.1 Å². The average molecular weight is 474 g/mol. The largest absolute Gasteiger partial charge is 0.490 e. The quantitative estimate of drug-likeness (QED) is 0.573. The molecule has 2 unspecified atom stereocenters. The number of benzene rings is 1. The summed E-state index contributed by atoms with van der Waals surface area (Å²) >= 11 is 6.33. The maximum atomic E-state index is 15.4. The Hall–Kier alpha value is -2.87. The van der Waals surface area contributed by atoms with Crippen LogP contribution in [0.4, 0.5) is 10.2 Å². The van der Waals surface area contributed by atoms with Gasteiger partial charge in [0.2, 0.25) is 0 Å². The summed E-state index contributed by atoms with van der Waals surface area (Å²) in [6, 6.07) is 1.53. The highest BCUT2D eigenvalue weighted by Gasteiger charge is 2.33. The molecule has 4 rings (SSSR count). The van der Waals surface area contributed by atoms with E-state index in [0.29, 0.717) is 41.7 Å².